The molecule has 0 aromatic carbocycles. The van der Waals surface area contributed by atoms with Crippen molar-refractivity contribution in [3.05, 3.63) is 15.0 Å². The predicted octanol–water partition coefficient (Wildman–Crippen LogP) is 1.87. The van der Waals surface area contributed by atoms with Gasteiger partial charge < -0.3 is 0 Å². The molecule has 0 amide bonds. The van der Waals surface area contributed by atoms with Crippen LogP contribution in [0.5, 0.6) is 0 Å². The topological polar surface area (TPSA) is 14.1 Å². The zero-order valence-electron chi connectivity index (χ0n) is 3.24. The van der Waals surface area contributed by atoms with Crippen molar-refractivity contribution in [2.75, 3.05) is 0 Å². The van der Waals surface area contributed by atoms with Gasteiger partial charge in [-0.1, -0.05) is 22.9 Å². The first-order chi connectivity index (χ1) is 3.30. The van der Waals surface area contributed by atoms with Crippen LogP contribution >= 0.6 is 34.5 Å². The summed E-state index contributed by atoms with van der Waals surface area (Å²) in [5.41, 5.74) is 1.73. The van der Waals surface area contributed by atoms with Crippen molar-refractivity contribution in [3.63, 3.8) is 0 Å². The third kappa shape index (κ3) is 1.06. The van der Waals surface area contributed by atoms with Crippen molar-refractivity contribution in [3.8, 4) is 0 Å². The van der Waals surface area contributed by atoms with Crippen molar-refractivity contribution in [2.24, 2.45) is 0 Å². The molecule has 0 unspecified atom stereocenters. The Labute approximate surface area is 54.9 Å². The zero-order valence-corrected chi connectivity index (χ0v) is 5.57. The van der Waals surface area contributed by atoms with Gasteiger partial charge >= 0.3 is 5.15 Å². The summed E-state index contributed by atoms with van der Waals surface area (Å²) in [5, 5.41) is 0.520. The Hall–Kier alpha value is 0.210. The summed E-state index contributed by atoms with van der Waals surface area (Å²) in [6.45, 7) is 0. The second-order valence-corrected chi connectivity index (χ2v) is 2.83. The minimum absolute atomic E-state index is 0.520. The largest absolute Gasteiger partial charge is 0.303 e. The smallest absolute Gasteiger partial charge is 0.190 e. The van der Waals surface area contributed by atoms with Gasteiger partial charge in [0, 0.05) is 0 Å². The molecule has 1 nitrogen and oxygen atoms in total. The van der Waals surface area contributed by atoms with Crippen LogP contribution in [0.3, 0.4) is 0 Å². The molecule has 0 bridgehead atoms. The summed E-state index contributed by atoms with van der Waals surface area (Å²) in [7, 11) is 0. The van der Waals surface area contributed by atoms with E-state index in [2.05, 4.69) is 4.98 Å². The van der Waals surface area contributed by atoms with Crippen molar-refractivity contribution in [1.82, 2.24) is 0 Å². The Bertz CT molecular complexity index is 145. The van der Waals surface area contributed by atoms with Gasteiger partial charge in [-0.05, 0) is 11.6 Å². The van der Waals surface area contributed by atoms with Crippen LogP contribution in [0.1, 0.15) is 0 Å². The molecule has 0 radical (unpaired) electrons. The van der Waals surface area contributed by atoms with Crippen LogP contribution in [0, 0.1) is 0 Å². The lowest BCUT2D eigenvalue weighted by Crippen LogP contribution is -1.92. The third-order valence-corrected chi connectivity index (χ3v) is 2.13. The van der Waals surface area contributed by atoms with Gasteiger partial charge in [0.2, 0.25) is 5.51 Å². The molecular formula is C3H2Cl2NS+. The van der Waals surface area contributed by atoms with Crippen molar-refractivity contribution in [1.29, 1.82) is 0 Å². The maximum atomic E-state index is 5.48. The van der Waals surface area contributed by atoms with Crippen LogP contribution in [-0.2, 0) is 0 Å². The fourth-order valence-corrected chi connectivity index (χ4v) is 1.13. The van der Waals surface area contributed by atoms with Crippen LogP contribution in [0.25, 0.3) is 0 Å². The van der Waals surface area contributed by atoms with Crippen LogP contribution in [0.2, 0.25) is 9.49 Å². The number of aromatic amines is 1. The van der Waals surface area contributed by atoms with Crippen molar-refractivity contribution < 1.29 is 4.98 Å². The Morgan fingerprint density at radius 3 is 2.43 bits per heavy atom. The summed E-state index contributed by atoms with van der Waals surface area (Å²) in [6, 6.07) is 0. The van der Waals surface area contributed by atoms with Gasteiger partial charge in [-0.25, -0.2) is 0 Å². The average molecular weight is 155 g/mol. The fourth-order valence-electron chi connectivity index (χ4n) is 0.241. The molecule has 1 aromatic rings. The van der Waals surface area contributed by atoms with E-state index >= 15 is 0 Å². The van der Waals surface area contributed by atoms with Crippen LogP contribution in [0.15, 0.2) is 5.51 Å². The van der Waals surface area contributed by atoms with Gasteiger partial charge in [-0.15, -0.1) is 0 Å². The van der Waals surface area contributed by atoms with E-state index in [0.29, 0.717) is 9.49 Å². The summed E-state index contributed by atoms with van der Waals surface area (Å²) in [6.07, 6.45) is 0. The first-order valence-corrected chi connectivity index (χ1v) is 3.24. The lowest BCUT2D eigenvalue weighted by Gasteiger charge is -1.64. The van der Waals surface area contributed by atoms with Gasteiger partial charge in [0.25, 0.3) is 0 Å². The molecule has 38 valence electrons. The molecule has 0 saturated heterocycles. The lowest BCUT2D eigenvalue weighted by atomic mass is 11.0. The highest BCUT2D eigenvalue weighted by Gasteiger charge is 2.03. The molecule has 1 rings (SSSR count). The molecule has 0 aliphatic heterocycles. The van der Waals surface area contributed by atoms with Crippen LogP contribution < -0.4 is 4.98 Å². The van der Waals surface area contributed by atoms with Gasteiger partial charge in [0.15, 0.2) is 4.34 Å². The number of hydrogen-bond donors (Lipinski definition) is 0. The molecule has 0 saturated carbocycles. The summed E-state index contributed by atoms with van der Waals surface area (Å²) < 4.78 is 0.613. The van der Waals surface area contributed by atoms with E-state index in [-0.39, 0.29) is 0 Å². The highest BCUT2D eigenvalue weighted by atomic mass is 35.5. The highest BCUT2D eigenvalue weighted by Crippen LogP contribution is 2.20. The Morgan fingerprint density at radius 2 is 2.29 bits per heavy atom. The SMILES string of the molecule is Clc1[nH+]csc1Cl. The number of hydrogen-bond acceptors (Lipinski definition) is 1. The van der Waals surface area contributed by atoms with E-state index in [4.69, 9.17) is 23.2 Å². The highest BCUT2D eigenvalue weighted by molar-refractivity contribution is 7.14. The molecule has 7 heavy (non-hydrogen) atoms. The van der Waals surface area contributed by atoms with Crippen LogP contribution in [-0.4, -0.2) is 0 Å². The fraction of sp³-hybridized carbons (Fsp3) is 0. The maximum absolute atomic E-state index is 5.48. The monoisotopic (exact) mass is 154 g/mol. The number of thiazole rings is 1. The number of nitrogens with one attached hydrogen (secondary N) is 1. The van der Waals surface area contributed by atoms with E-state index in [1.165, 1.54) is 11.3 Å². The molecule has 0 aliphatic carbocycles. The van der Waals surface area contributed by atoms with E-state index in [0.717, 1.165) is 0 Å². The minimum atomic E-state index is 0.520. The zero-order chi connectivity index (χ0) is 5.28. The molecule has 1 N–H and O–H groups in total. The van der Waals surface area contributed by atoms with Crippen molar-refractivity contribution >= 4 is 34.5 Å². The molecule has 1 aromatic heterocycles. The molecule has 4 heteroatoms. The maximum Gasteiger partial charge on any atom is 0.303 e. The third-order valence-electron chi connectivity index (χ3n) is 0.521. The van der Waals surface area contributed by atoms with E-state index in [1.807, 2.05) is 0 Å². The molecular weight excluding hydrogens is 153 g/mol. The Balaban J connectivity index is 3.12. The Kier molecular flexibility index (Phi) is 1.52. The molecule has 0 fully saturated rings. The average Bonchev–Trinajstić information content (AvgIpc) is 1.91. The standard InChI is InChI=1S/C3HCl2NS/c4-2-3(5)7-1-6-2/h1H/p+1. The first-order valence-electron chi connectivity index (χ1n) is 1.61. The minimum Gasteiger partial charge on any atom is -0.190 e. The number of aromatic nitrogens is 1. The molecule has 0 spiro atoms. The molecule has 1 heterocycles. The summed E-state index contributed by atoms with van der Waals surface area (Å²) in [4.78, 5) is 2.72. The summed E-state index contributed by atoms with van der Waals surface area (Å²) in [5.74, 6) is 0. The predicted molar refractivity (Wildman–Crippen MR) is 30.9 cm³/mol. The molecule has 0 atom stereocenters. The lowest BCUT2D eigenvalue weighted by molar-refractivity contribution is -0.367. The van der Waals surface area contributed by atoms with E-state index < -0.39 is 0 Å². The Morgan fingerprint density at radius 1 is 1.57 bits per heavy atom. The van der Waals surface area contributed by atoms with Gasteiger partial charge in [-0.2, -0.15) is 4.98 Å². The van der Waals surface area contributed by atoms with Crippen LogP contribution in [0.4, 0.5) is 0 Å². The van der Waals surface area contributed by atoms with Gasteiger partial charge in [0.1, 0.15) is 0 Å². The second-order valence-electron chi connectivity index (χ2n) is 0.968. The summed E-state index contributed by atoms with van der Waals surface area (Å²) >= 11 is 12.3. The first kappa shape index (κ1) is 5.35. The van der Waals surface area contributed by atoms with E-state index in [9.17, 15) is 0 Å². The van der Waals surface area contributed by atoms with E-state index in [1.54, 1.807) is 5.51 Å². The van der Waals surface area contributed by atoms with Gasteiger partial charge in [-0.3, -0.25) is 0 Å². The normalized spacial score (nSPS) is 9.43. The quantitative estimate of drug-likeness (QED) is 0.543. The number of H-pyrrole nitrogens is 1. The molecule has 0 aliphatic rings. The van der Waals surface area contributed by atoms with Gasteiger partial charge in [0.05, 0.1) is 0 Å². The number of halogens is 2. The number of rotatable bonds is 0. The second kappa shape index (κ2) is 1.99. The van der Waals surface area contributed by atoms with Crippen molar-refractivity contribution in [2.45, 2.75) is 0 Å².